The van der Waals surface area contributed by atoms with Crippen LogP contribution in [0.15, 0.2) is 0 Å². The lowest BCUT2D eigenvalue weighted by Gasteiger charge is -2.20. The summed E-state index contributed by atoms with van der Waals surface area (Å²) in [6, 6.07) is 0. The Labute approximate surface area is 88.3 Å². The monoisotopic (exact) mass is 224 g/mol. The van der Waals surface area contributed by atoms with E-state index in [1.165, 1.54) is 0 Å². The van der Waals surface area contributed by atoms with Gasteiger partial charge in [-0.15, -0.1) is 0 Å². The Bertz CT molecular complexity index is 197. The fraction of sp³-hybridized carbons (Fsp3) is 0.889. The van der Waals surface area contributed by atoms with Gasteiger partial charge in [-0.3, -0.25) is 4.79 Å². The largest absolute Gasteiger partial charge is 0.390 e. The van der Waals surface area contributed by atoms with Gasteiger partial charge in [-0.2, -0.15) is 0 Å². The number of amides is 1. The summed E-state index contributed by atoms with van der Waals surface area (Å²) < 4.78 is 25.1. The second-order valence-electron chi connectivity index (χ2n) is 3.18. The number of aliphatic hydroxyl groups excluding tert-OH is 1. The normalized spacial score (nSPS) is 11.5. The lowest BCUT2D eigenvalue weighted by atomic mass is 10.3. The molecule has 0 spiro atoms. The first-order valence-corrected chi connectivity index (χ1v) is 4.94. The molecule has 0 radical (unpaired) electrons. The highest BCUT2D eigenvalue weighted by Crippen LogP contribution is 2.09. The topological polar surface area (TPSA) is 52.6 Å². The van der Waals surface area contributed by atoms with Crippen molar-refractivity contribution in [1.82, 2.24) is 10.2 Å². The van der Waals surface area contributed by atoms with E-state index in [1.54, 1.807) is 4.90 Å². The van der Waals surface area contributed by atoms with Crippen molar-refractivity contribution in [2.75, 3.05) is 32.8 Å². The number of likely N-dealkylation sites (N-methyl/N-ethyl adjacent to an activating group) is 1. The molecular weight excluding hydrogens is 206 g/mol. The average molecular weight is 224 g/mol. The van der Waals surface area contributed by atoms with E-state index < -0.39 is 19.1 Å². The van der Waals surface area contributed by atoms with Gasteiger partial charge in [-0.05, 0) is 13.8 Å². The lowest BCUT2D eigenvalue weighted by Crippen LogP contribution is -2.42. The van der Waals surface area contributed by atoms with E-state index in [0.29, 0.717) is 13.1 Å². The van der Waals surface area contributed by atoms with Gasteiger partial charge in [0.15, 0.2) is 0 Å². The molecular formula is C9H18F2N2O2. The zero-order chi connectivity index (χ0) is 11.9. The fourth-order valence-electron chi connectivity index (χ4n) is 1.10. The number of hydrogen-bond acceptors (Lipinski definition) is 3. The van der Waals surface area contributed by atoms with Crippen LogP contribution in [0, 0.1) is 0 Å². The van der Waals surface area contributed by atoms with Gasteiger partial charge in [0.05, 0.1) is 13.1 Å². The Balaban J connectivity index is 3.81. The van der Waals surface area contributed by atoms with Crippen LogP contribution < -0.4 is 5.32 Å². The van der Waals surface area contributed by atoms with Crippen molar-refractivity contribution >= 4 is 5.91 Å². The van der Waals surface area contributed by atoms with Crippen LogP contribution in [0.4, 0.5) is 8.78 Å². The number of carbonyl (C=O) groups is 1. The molecule has 4 nitrogen and oxygen atoms in total. The van der Waals surface area contributed by atoms with Crippen LogP contribution in [0.3, 0.4) is 0 Å². The maximum Gasteiger partial charge on any atom is 0.282 e. The minimum atomic E-state index is -3.16. The second-order valence-corrected chi connectivity index (χ2v) is 3.18. The summed E-state index contributed by atoms with van der Waals surface area (Å²) >= 11 is 0. The van der Waals surface area contributed by atoms with Gasteiger partial charge in [0, 0.05) is 13.1 Å². The maximum atomic E-state index is 12.5. The highest BCUT2D eigenvalue weighted by atomic mass is 19.3. The van der Waals surface area contributed by atoms with Crippen molar-refractivity contribution in [3.05, 3.63) is 0 Å². The van der Waals surface area contributed by atoms with E-state index in [4.69, 9.17) is 5.11 Å². The summed E-state index contributed by atoms with van der Waals surface area (Å²) in [6.07, 6.45) is 0. The summed E-state index contributed by atoms with van der Waals surface area (Å²) in [5, 5.41) is 10.6. The highest BCUT2D eigenvalue weighted by molar-refractivity contribution is 5.78. The second kappa shape index (κ2) is 6.68. The predicted octanol–water partition coefficient (Wildman–Crippen LogP) is 0.0720. The highest BCUT2D eigenvalue weighted by Gasteiger charge is 2.27. The zero-order valence-corrected chi connectivity index (χ0v) is 9.09. The first kappa shape index (κ1) is 14.2. The van der Waals surface area contributed by atoms with Gasteiger partial charge < -0.3 is 15.3 Å². The molecule has 1 amide bonds. The molecule has 15 heavy (non-hydrogen) atoms. The predicted molar refractivity (Wildman–Crippen MR) is 52.8 cm³/mol. The van der Waals surface area contributed by atoms with Crippen LogP contribution in [0.1, 0.15) is 13.8 Å². The quantitative estimate of drug-likeness (QED) is 0.643. The number of halogens is 2. The number of alkyl halides is 2. The Kier molecular flexibility index (Phi) is 6.35. The summed E-state index contributed by atoms with van der Waals surface area (Å²) in [5.74, 6) is -3.38. The summed E-state index contributed by atoms with van der Waals surface area (Å²) in [5.41, 5.74) is 0. The van der Waals surface area contributed by atoms with Gasteiger partial charge in [0.2, 0.25) is 5.91 Å². The maximum absolute atomic E-state index is 12.5. The van der Waals surface area contributed by atoms with Crippen LogP contribution in [-0.2, 0) is 4.79 Å². The van der Waals surface area contributed by atoms with Crippen molar-refractivity contribution in [2.45, 2.75) is 19.8 Å². The van der Waals surface area contributed by atoms with Crippen molar-refractivity contribution < 1.29 is 18.7 Å². The number of hydrogen-bond donors (Lipinski definition) is 2. The molecule has 0 rings (SSSR count). The minimum Gasteiger partial charge on any atom is -0.390 e. The van der Waals surface area contributed by atoms with Crippen LogP contribution in [0.5, 0.6) is 0 Å². The number of rotatable bonds is 7. The first-order valence-electron chi connectivity index (χ1n) is 4.94. The smallest absolute Gasteiger partial charge is 0.282 e. The molecule has 0 fully saturated rings. The third-order valence-electron chi connectivity index (χ3n) is 2.01. The van der Waals surface area contributed by atoms with E-state index in [1.807, 2.05) is 13.8 Å². The zero-order valence-electron chi connectivity index (χ0n) is 9.09. The molecule has 0 atom stereocenters. The molecule has 0 aliphatic carbocycles. The van der Waals surface area contributed by atoms with E-state index in [0.717, 1.165) is 0 Å². The first-order chi connectivity index (χ1) is 6.96. The van der Waals surface area contributed by atoms with E-state index in [9.17, 15) is 13.6 Å². The van der Waals surface area contributed by atoms with Crippen molar-refractivity contribution in [3.63, 3.8) is 0 Å². The number of nitrogens with zero attached hydrogens (tertiary/aromatic N) is 1. The average Bonchev–Trinajstić information content (AvgIpc) is 2.19. The Morgan fingerprint density at radius 1 is 1.40 bits per heavy atom. The van der Waals surface area contributed by atoms with Gasteiger partial charge in [0.1, 0.15) is 6.61 Å². The third-order valence-corrected chi connectivity index (χ3v) is 2.01. The lowest BCUT2D eigenvalue weighted by molar-refractivity contribution is -0.130. The van der Waals surface area contributed by atoms with Crippen molar-refractivity contribution in [2.24, 2.45) is 0 Å². The standard InChI is InChI=1S/C9H18F2N2O2/c1-3-13(4-2)8(15)5-12-6-9(10,11)7-14/h12,14H,3-7H2,1-2H3. The SMILES string of the molecule is CCN(CC)C(=O)CNCC(F)(F)CO. The molecule has 0 aliphatic rings. The van der Waals surface area contributed by atoms with Crippen LogP contribution in [0.25, 0.3) is 0 Å². The minimum absolute atomic E-state index is 0.128. The Hall–Kier alpha value is -0.750. The van der Waals surface area contributed by atoms with Gasteiger partial charge in [-0.1, -0.05) is 0 Å². The Morgan fingerprint density at radius 3 is 2.33 bits per heavy atom. The molecule has 0 unspecified atom stereocenters. The fourth-order valence-corrected chi connectivity index (χ4v) is 1.10. The number of aliphatic hydroxyl groups is 1. The van der Waals surface area contributed by atoms with Crippen molar-refractivity contribution in [1.29, 1.82) is 0 Å². The van der Waals surface area contributed by atoms with Crippen molar-refractivity contribution in [3.8, 4) is 0 Å². The Morgan fingerprint density at radius 2 is 1.93 bits per heavy atom. The molecule has 0 aromatic heterocycles. The van der Waals surface area contributed by atoms with E-state index in [2.05, 4.69) is 5.32 Å². The van der Waals surface area contributed by atoms with Crippen LogP contribution in [-0.4, -0.2) is 54.6 Å². The summed E-state index contributed by atoms with van der Waals surface area (Å²) in [4.78, 5) is 12.9. The van der Waals surface area contributed by atoms with E-state index in [-0.39, 0.29) is 12.5 Å². The van der Waals surface area contributed by atoms with Gasteiger partial charge in [-0.25, -0.2) is 8.78 Å². The van der Waals surface area contributed by atoms with Crippen LogP contribution >= 0.6 is 0 Å². The molecule has 0 bridgehead atoms. The molecule has 0 heterocycles. The van der Waals surface area contributed by atoms with Gasteiger partial charge >= 0.3 is 0 Å². The van der Waals surface area contributed by atoms with Gasteiger partial charge in [0.25, 0.3) is 5.92 Å². The molecule has 0 aliphatic heterocycles. The molecule has 0 saturated carbocycles. The number of carbonyl (C=O) groups excluding carboxylic acids is 1. The third kappa shape index (κ3) is 5.64. The molecule has 0 saturated heterocycles. The molecule has 0 aromatic carbocycles. The van der Waals surface area contributed by atoms with Crippen LogP contribution in [0.2, 0.25) is 0 Å². The van der Waals surface area contributed by atoms with E-state index >= 15 is 0 Å². The molecule has 0 aromatic rings. The molecule has 6 heteroatoms. The molecule has 2 N–H and O–H groups in total. The number of nitrogens with one attached hydrogen (secondary N) is 1. The summed E-state index contributed by atoms with van der Waals surface area (Å²) in [7, 11) is 0. The molecule has 90 valence electrons. The summed E-state index contributed by atoms with van der Waals surface area (Å²) in [6.45, 7) is 2.75.